The minimum atomic E-state index is -0.557. The molecular formula is C16H13N3O2. The van der Waals surface area contributed by atoms with Crippen molar-refractivity contribution < 1.29 is 9.53 Å². The monoisotopic (exact) mass is 279 g/mol. The van der Waals surface area contributed by atoms with E-state index >= 15 is 0 Å². The molecule has 0 aliphatic rings. The van der Waals surface area contributed by atoms with E-state index < -0.39 is 6.09 Å². The van der Waals surface area contributed by atoms with Crippen molar-refractivity contribution in [2.75, 3.05) is 5.32 Å². The van der Waals surface area contributed by atoms with Crippen LogP contribution < -0.4 is 10.1 Å². The van der Waals surface area contributed by atoms with Crippen LogP contribution in [0.3, 0.4) is 0 Å². The third kappa shape index (κ3) is 3.09. The number of benzene rings is 2. The molecule has 0 saturated heterocycles. The maximum Gasteiger partial charge on any atom is 0.418 e. The number of anilines is 1. The van der Waals surface area contributed by atoms with Gasteiger partial charge in [0.2, 0.25) is 0 Å². The van der Waals surface area contributed by atoms with Crippen LogP contribution in [0.25, 0.3) is 5.69 Å². The highest BCUT2D eigenvalue weighted by molar-refractivity contribution is 5.85. The van der Waals surface area contributed by atoms with Gasteiger partial charge in [0.1, 0.15) is 11.6 Å². The molecule has 3 rings (SSSR count). The molecular weight excluding hydrogens is 266 g/mol. The van der Waals surface area contributed by atoms with E-state index in [1.807, 2.05) is 36.4 Å². The number of para-hydroxylation sites is 2. The standard InChI is InChI=1S/C16H13N3O2/c20-16(21-14-9-5-2-6-10-14)18-15-11-12-17-19(15)13-7-3-1-4-8-13/h1-12H,(H,18,20). The van der Waals surface area contributed by atoms with Gasteiger partial charge in [-0.2, -0.15) is 5.10 Å². The summed E-state index contributed by atoms with van der Waals surface area (Å²) in [5, 5.41) is 6.87. The van der Waals surface area contributed by atoms with Gasteiger partial charge in [0.15, 0.2) is 0 Å². The van der Waals surface area contributed by atoms with Crippen LogP contribution in [0.2, 0.25) is 0 Å². The lowest BCUT2D eigenvalue weighted by atomic mass is 10.3. The van der Waals surface area contributed by atoms with E-state index in [0.29, 0.717) is 11.6 Å². The van der Waals surface area contributed by atoms with E-state index in [9.17, 15) is 4.79 Å². The van der Waals surface area contributed by atoms with Gasteiger partial charge in [-0.3, -0.25) is 5.32 Å². The van der Waals surface area contributed by atoms with Crippen molar-refractivity contribution in [1.82, 2.24) is 9.78 Å². The summed E-state index contributed by atoms with van der Waals surface area (Å²) < 4.78 is 6.82. The van der Waals surface area contributed by atoms with E-state index in [-0.39, 0.29) is 0 Å². The fourth-order valence-corrected chi connectivity index (χ4v) is 1.90. The number of ether oxygens (including phenoxy) is 1. The zero-order valence-electron chi connectivity index (χ0n) is 11.1. The van der Waals surface area contributed by atoms with Crippen molar-refractivity contribution in [3.05, 3.63) is 72.9 Å². The van der Waals surface area contributed by atoms with Crippen molar-refractivity contribution in [1.29, 1.82) is 0 Å². The zero-order valence-corrected chi connectivity index (χ0v) is 11.1. The molecule has 1 amide bonds. The van der Waals surface area contributed by atoms with Crippen LogP contribution in [0.15, 0.2) is 72.9 Å². The minimum absolute atomic E-state index is 0.487. The molecule has 0 radical (unpaired) electrons. The van der Waals surface area contributed by atoms with Crippen molar-refractivity contribution in [2.45, 2.75) is 0 Å². The smallest absolute Gasteiger partial charge is 0.410 e. The summed E-state index contributed by atoms with van der Waals surface area (Å²) in [5.41, 5.74) is 0.859. The van der Waals surface area contributed by atoms with Crippen LogP contribution in [0.1, 0.15) is 0 Å². The molecule has 0 aliphatic carbocycles. The first-order chi connectivity index (χ1) is 10.3. The van der Waals surface area contributed by atoms with Crippen molar-refractivity contribution in [3.8, 4) is 11.4 Å². The van der Waals surface area contributed by atoms with Crippen LogP contribution in [0, 0.1) is 0 Å². The second-order valence-electron chi connectivity index (χ2n) is 4.29. The fourth-order valence-electron chi connectivity index (χ4n) is 1.90. The maximum absolute atomic E-state index is 11.9. The van der Waals surface area contributed by atoms with Crippen LogP contribution in [-0.2, 0) is 0 Å². The second-order valence-corrected chi connectivity index (χ2v) is 4.29. The molecule has 0 unspecified atom stereocenters. The van der Waals surface area contributed by atoms with Gasteiger partial charge in [0.05, 0.1) is 11.9 Å². The molecule has 5 nitrogen and oxygen atoms in total. The normalized spacial score (nSPS) is 10.1. The molecule has 2 aromatic carbocycles. The molecule has 0 aliphatic heterocycles. The molecule has 0 fully saturated rings. The van der Waals surface area contributed by atoms with E-state index in [0.717, 1.165) is 5.69 Å². The minimum Gasteiger partial charge on any atom is -0.410 e. The Bertz CT molecular complexity index is 724. The molecule has 1 N–H and O–H groups in total. The van der Waals surface area contributed by atoms with Gasteiger partial charge in [0.25, 0.3) is 0 Å². The molecule has 3 aromatic rings. The Labute approximate surface area is 121 Å². The number of carbonyl (C=O) groups is 1. The number of nitrogens with zero attached hydrogens (tertiary/aromatic N) is 2. The van der Waals surface area contributed by atoms with E-state index in [2.05, 4.69) is 10.4 Å². The van der Waals surface area contributed by atoms with Crippen LogP contribution in [-0.4, -0.2) is 15.9 Å². The average molecular weight is 279 g/mol. The van der Waals surface area contributed by atoms with Gasteiger partial charge < -0.3 is 4.74 Å². The van der Waals surface area contributed by atoms with Crippen LogP contribution in [0.5, 0.6) is 5.75 Å². The van der Waals surface area contributed by atoms with Gasteiger partial charge in [-0.25, -0.2) is 9.48 Å². The van der Waals surface area contributed by atoms with E-state index in [1.54, 1.807) is 41.2 Å². The second kappa shape index (κ2) is 5.92. The Balaban J connectivity index is 1.74. The third-order valence-corrected chi connectivity index (χ3v) is 2.83. The summed E-state index contributed by atoms with van der Waals surface area (Å²) >= 11 is 0. The summed E-state index contributed by atoms with van der Waals surface area (Å²) in [4.78, 5) is 11.9. The van der Waals surface area contributed by atoms with Crippen molar-refractivity contribution in [2.24, 2.45) is 0 Å². The number of amides is 1. The maximum atomic E-state index is 11.9. The summed E-state index contributed by atoms with van der Waals surface area (Å²) in [6.45, 7) is 0. The van der Waals surface area contributed by atoms with Gasteiger partial charge in [-0.1, -0.05) is 36.4 Å². The number of rotatable bonds is 3. The number of hydrogen-bond donors (Lipinski definition) is 1. The fraction of sp³-hybridized carbons (Fsp3) is 0. The molecule has 0 atom stereocenters. The number of carbonyl (C=O) groups excluding carboxylic acids is 1. The first kappa shape index (κ1) is 12.9. The predicted octanol–water partition coefficient (Wildman–Crippen LogP) is 3.48. The molecule has 0 bridgehead atoms. The summed E-state index contributed by atoms with van der Waals surface area (Å²) in [6.07, 6.45) is 1.06. The van der Waals surface area contributed by atoms with Crippen molar-refractivity contribution in [3.63, 3.8) is 0 Å². The summed E-state index contributed by atoms with van der Waals surface area (Å²) in [6, 6.07) is 20.1. The Morgan fingerprint density at radius 3 is 2.33 bits per heavy atom. The Morgan fingerprint density at radius 2 is 1.62 bits per heavy atom. The largest absolute Gasteiger partial charge is 0.418 e. The van der Waals surface area contributed by atoms with Crippen LogP contribution in [0.4, 0.5) is 10.6 Å². The third-order valence-electron chi connectivity index (χ3n) is 2.83. The Hall–Kier alpha value is -3.08. The molecule has 21 heavy (non-hydrogen) atoms. The predicted molar refractivity (Wildman–Crippen MR) is 79.7 cm³/mol. The van der Waals surface area contributed by atoms with Gasteiger partial charge in [-0.15, -0.1) is 0 Å². The zero-order chi connectivity index (χ0) is 14.5. The molecule has 1 aromatic heterocycles. The van der Waals surface area contributed by atoms with Crippen LogP contribution >= 0.6 is 0 Å². The summed E-state index contributed by atoms with van der Waals surface area (Å²) in [7, 11) is 0. The summed E-state index contributed by atoms with van der Waals surface area (Å²) in [5.74, 6) is 1.03. The quantitative estimate of drug-likeness (QED) is 0.798. The Kier molecular flexibility index (Phi) is 3.64. The van der Waals surface area contributed by atoms with E-state index in [1.165, 1.54) is 0 Å². The molecule has 1 heterocycles. The first-order valence-corrected chi connectivity index (χ1v) is 6.46. The van der Waals surface area contributed by atoms with Gasteiger partial charge >= 0.3 is 6.09 Å². The lowest BCUT2D eigenvalue weighted by Crippen LogP contribution is -2.19. The number of hydrogen-bond acceptors (Lipinski definition) is 3. The highest BCUT2D eigenvalue weighted by Gasteiger charge is 2.10. The van der Waals surface area contributed by atoms with Gasteiger partial charge in [0, 0.05) is 6.07 Å². The Morgan fingerprint density at radius 1 is 0.952 bits per heavy atom. The molecule has 0 saturated carbocycles. The van der Waals surface area contributed by atoms with E-state index in [4.69, 9.17) is 4.74 Å². The topological polar surface area (TPSA) is 56.2 Å². The average Bonchev–Trinajstić information content (AvgIpc) is 2.97. The number of nitrogens with one attached hydrogen (secondary N) is 1. The lowest BCUT2D eigenvalue weighted by molar-refractivity contribution is 0.215. The SMILES string of the molecule is O=C(Nc1ccnn1-c1ccccc1)Oc1ccccc1. The number of aromatic nitrogens is 2. The highest BCUT2D eigenvalue weighted by Crippen LogP contribution is 2.15. The highest BCUT2D eigenvalue weighted by atomic mass is 16.6. The molecule has 104 valence electrons. The van der Waals surface area contributed by atoms with Gasteiger partial charge in [-0.05, 0) is 24.3 Å². The lowest BCUT2D eigenvalue weighted by Gasteiger charge is -2.09. The molecule has 5 heteroatoms. The van der Waals surface area contributed by atoms with Crippen molar-refractivity contribution >= 4 is 11.9 Å². The first-order valence-electron chi connectivity index (χ1n) is 6.46. The molecule has 0 spiro atoms.